The van der Waals surface area contributed by atoms with Gasteiger partial charge in [-0.15, -0.1) is 0 Å². The minimum Gasteiger partial charge on any atom is -0.342 e. The van der Waals surface area contributed by atoms with Crippen LogP contribution in [0.25, 0.3) is 0 Å². The summed E-state index contributed by atoms with van der Waals surface area (Å²) in [5, 5.41) is 18.0. The summed E-state index contributed by atoms with van der Waals surface area (Å²) in [5.41, 5.74) is -0.565. The van der Waals surface area contributed by atoms with Crippen LogP contribution in [0, 0.1) is 17.2 Å². The average Bonchev–Trinajstić information content (AvgIpc) is 3.04. The van der Waals surface area contributed by atoms with Crippen molar-refractivity contribution in [1.82, 2.24) is 20.9 Å². The third-order valence-corrected chi connectivity index (χ3v) is 8.04. The zero-order valence-electron chi connectivity index (χ0n) is 21.0. The lowest BCUT2D eigenvalue weighted by Gasteiger charge is -2.34. The van der Waals surface area contributed by atoms with Gasteiger partial charge in [-0.1, -0.05) is 65.2 Å². The molecule has 0 spiro atoms. The van der Waals surface area contributed by atoms with Crippen molar-refractivity contribution >= 4 is 17.9 Å². The van der Waals surface area contributed by atoms with Crippen LogP contribution in [0.15, 0.2) is 0 Å². The zero-order chi connectivity index (χ0) is 23.7. The van der Waals surface area contributed by atoms with Crippen molar-refractivity contribution in [2.24, 2.45) is 11.8 Å². The molecule has 0 bridgehead atoms. The van der Waals surface area contributed by atoms with Crippen molar-refractivity contribution in [1.29, 1.82) is 5.41 Å². The Morgan fingerprint density at radius 1 is 1.03 bits per heavy atom. The van der Waals surface area contributed by atoms with E-state index in [4.69, 9.17) is 5.41 Å². The first-order chi connectivity index (χ1) is 16.0. The Morgan fingerprint density at radius 3 is 2.39 bits per heavy atom. The molecule has 1 saturated heterocycles. The molecular weight excluding hydrogens is 414 g/mol. The van der Waals surface area contributed by atoms with Gasteiger partial charge in [0.25, 0.3) is 5.91 Å². The number of unbranched alkanes of at least 4 members (excludes halogenated alkanes) is 2. The normalized spacial score (nSPS) is 28.6. The Labute approximate surface area is 200 Å². The predicted molar refractivity (Wildman–Crippen MR) is 133 cm³/mol. The van der Waals surface area contributed by atoms with Gasteiger partial charge in [0.1, 0.15) is 5.54 Å². The molecule has 3 rings (SSSR count). The lowest BCUT2D eigenvalue weighted by Crippen LogP contribution is -2.49. The number of urea groups is 1. The molecule has 7 nitrogen and oxygen atoms in total. The Bertz CT molecular complexity index is 655. The van der Waals surface area contributed by atoms with E-state index in [9.17, 15) is 9.59 Å². The van der Waals surface area contributed by atoms with Gasteiger partial charge in [-0.2, -0.15) is 0 Å². The first-order valence-corrected chi connectivity index (χ1v) is 13.7. The first kappa shape index (κ1) is 25.8. The molecule has 2 aliphatic carbocycles. The van der Waals surface area contributed by atoms with Crippen LogP contribution in [0.5, 0.6) is 0 Å². The fraction of sp³-hybridized carbons (Fsp3) is 0.885. The largest absolute Gasteiger partial charge is 0.342 e. The Morgan fingerprint density at radius 2 is 1.73 bits per heavy atom. The monoisotopic (exact) mass is 461 g/mol. The lowest BCUT2D eigenvalue weighted by atomic mass is 9.77. The van der Waals surface area contributed by atoms with Crippen LogP contribution in [-0.2, 0) is 4.79 Å². The molecule has 0 aromatic rings. The Hall–Kier alpha value is -1.79. The van der Waals surface area contributed by atoms with Gasteiger partial charge in [-0.05, 0) is 56.8 Å². The highest BCUT2D eigenvalue weighted by Crippen LogP contribution is 2.37. The SMILES string of the molecule is CCCCNC(=O)N[C@H]1CC[C@@H](CN2C(=N)NC(CCCC)(CC3CCCCC3)C2=O)CC1. The fourth-order valence-corrected chi connectivity index (χ4v) is 6.02. The van der Waals surface area contributed by atoms with Gasteiger partial charge >= 0.3 is 6.03 Å². The quantitative estimate of drug-likeness (QED) is 0.329. The summed E-state index contributed by atoms with van der Waals surface area (Å²) >= 11 is 0. The van der Waals surface area contributed by atoms with E-state index < -0.39 is 5.54 Å². The minimum absolute atomic E-state index is 0.0592. The molecular formula is C26H47N5O2. The second kappa shape index (κ2) is 12.6. The molecule has 1 aliphatic heterocycles. The molecule has 7 heteroatoms. The van der Waals surface area contributed by atoms with Crippen LogP contribution in [0.3, 0.4) is 0 Å². The molecule has 1 heterocycles. The van der Waals surface area contributed by atoms with Gasteiger partial charge in [0.2, 0.25) is 0 Å². The van der Waals surface area contributed by atoms with Crippen LogP contribution < -0.4 is 16.0 Å². The highest BCUT2D eigenvalue weighted by Gasteiger charge is 2.50. The van der Waals surface area contributed by atoms with E-state index in [-0.39, 0.29) is 18.0 Å². The molecule has 33 heavy (non-hydrogen) atoms. The summed E-state index contributed by atoms with van der Waals surface area (Å²) in [6.45, 7) is 5.65. The second-order valence-electron chi connectivity index (χ2n) is 10.8. The Kier molecular flexibility index (Phi) is 9.87. The lowest BCUT2D eigenvalue weighted by molar-refractivity contribution is -0.132. The molecule has 2 saturated carbocycles. The highest BCUT2D eigenvalue weighted by molar-refractivity contribution is 6.07. The molecule has 3 aliphatic rings. The van der Waals surface area contributed by atoms with Crippen LogP contribution in [-0.4, -0.2) is 47.5 Å². The number of nitrogens with zero attached hydrogens (tertiary/aromatic N) is 1. The fourth-order valence-electron chi connectivity index (χ4n) is 6.02. The van der Waals surface area contributed by atoms with Gasteiger partial charge in [0.05, 0.1) is 0 Å². The number of amides is 3. The molecule has 0 aromatic heterocycles. The van der Waals surface area contributed by atoms with Crippen molar-refractivity contribution in [2.45, 2.75) is 122 Å². The van der Waals surface area contributed by atoms with Crippen molar-refractivity contribution < 1.29 is 9.59 Å². The number of carbonyl (C=O) groups excluding carboxylic acids is 2. The molecule has 3 fully saturated rings. The summed E-state index contributed by atoms with van der Waals surface area (Å²) in [7, 11) is 0. The second-order valence-corrected chi connectivity index (χ2v) is 10.8. The Balaban J connectivity index is 1.51. The highest BCUT2D eigenvalue weighted by atomic mass is 16.2. The first-order valence-electron chi connectivity index (χ1n) is 13.7. The topological polar surface area (TPSA) is 97.3 Å². The summed E-state index contributed by atoms with van der Waals surface area (Å²) in [6, 6.07) is 0.153. The van der Waals surface area contributed by atoms with Crippen molar-refractivity contribution in [2.75, 3.05) is 13.1 Å². The number of nitrogens with one attached hydrogen (secondary N) is 4. The van der Waals surface area contributed by atoms with E-state index in [1.807, 2.05) is 0 Å². The number of guanidine groups is 1. The van der Waals surface area contributed by atoms with Crippen LogP contribution in [0.4, 0.5) is 4.79 Å². The van der Waals surface area contributed by atoms with Crippen LogP contribution in [0.1, 0.15) is 110 Å². The maximum Gasteiger partial charge on any atom is 0.315 e. The molecule has 188 valence electrons. The van der Waals surface area contributed by atoms with Crippen LogP contribution in [0.2, 0.25) is 0 Å². The van der Waals surface area contributed by atoms with Gasteiger partial charge in [0, 0.05) is 19.1 Å². The van der Waals surface area contributed by atoms with E-state index >= 15 is 0 Å². The third-order valence-electron chi connectivity index (χ3n) is 8.04. The molecule has 4 N–H and O–H groups in total. The summed E-state index contributed by atoms with van der Waals surface area (Å²) < 4.78 is 0. The van der Waals surface area contributed by atoms with Crippen molar-refractivity contribution in [3.8, 4) is 0 Å². The van der Waals surface area contributed by atoms with E-state index in [0.29, 0.717) is 24.3 Å². The zero-order valence-corrected chi connectivity index (χ0v) is 21.0. The molecule has 3 amide bonds. The molecule has 1 atom stereocenters. The van der Waals surface area contributed by atoms with Crippen molar-refractivity contribution in [3.63, 3.8) is 0 Å². The number of carbonyl (C=O) groups is 2. The van der Waals surface area contributed by atoms with Crippen molar-refractivity contribution in [3.05, 3.63) is 0 Å². The standard InChI is InChI=1S/C26H47N5O2/c1-3-5-16-26(18-20-10-8-7-9-11-20)23(32)31(24(27)30-26)19-21-12-14-22(15-13-21)29-25(33)28-17-6-4-2/h20-22H,3-19H2,1-2H3,(H2,27,30)(H2,28,29,33)/t21-,22+,26?. The van der Waals surface area contributed by atoms with Gasteiger partial charge in [-0.3, -0.25) is 15.1 Å². The maximum atomic E-state index is 13.7. The van der Waals surface area contributed by atoms with Gasteiger partial charge in [0.15, 0.2) is 5.96 Å². The van der Waals surface area contributed by atoms with Gasteiger partial charge < -0.3 is 16.0 Å². The number of hydrogen-bond donors (Lipinski definition) is 4. The third kappa shape index (κ3) is 7.10. The van der Waals surface area contributed by atoms with E-state index in [0.717, 1.165) is 70.8 Å². The number of rotatable bonds is 11. The maximum absolute atomic E-state index is 13.7. The molecule has 0 aromatic carbocycles. The van der Waals surface area contributed by atoms with E-state index in [2.05, 4.69) is 29.8 Å². The van der Waals surface area contributed by atoms with Crippen LogP contribution >= 0.6 is 0 Å². The summed E-state index contributed by atoms with van der Waals surface area (Å²) in [5.74, 6) is 1.45. The minimum atomic E-state index is -0.565. The summed E-state index contributed by atoms with van der Waals surface area (Å²) in [4.78, 5) is 27.5. The molecule has 1 unspecified atom stereocenters. The predicted octanol–water partition coefficient (Wildman–Crippen LogP) is 4.91. The average molecular weight is 462 g/mol. The number of hydrogen-bond acceptors (Lipinski definition) is 3. The molecule has 0 radical (unpaired) electrons. The van der Waals surface area contributed by atoms with E-state index in [1.54, 1.807) is 4.90 Å². The summed E-state index contributed by atoms with van der Waals surface area (Å²) in [6.07, 6.45) is 16.1. The van der Waals surface area contributed by atoms with E-state index in [1.165, 1.54) is 32.1 Å². The smallest absolute Gasteiger partial charge is 0.315 e. The van der Waals surface area contributed by atoms with Gasteiger partial charge in [-0.25, -0.2) is 4.79 Å².